The SMILES string of the molecule is Cc1ccc(Nc2c(NS(=O)C3CC3c3ccc(Cl)cc3)cc(C)c(=O)n2C)c(F)c1. The molecule has 1 fully saturated rings. The zero-order chi connectivity index (χ0) is 22.3. The monoisotopic (exact) mass is 459 g/mol. The normalized spacial score (nSPS) is 18.5. The molecule has 1 saturated carbocycles. The highest BCUT2D eigenvalue weighted by molar-refractivity contribution is 7.87. The van der Waals surface area contributed by atoms with Crippen molar-refractivity contribution in [2.75, 3.05) is 10.0 Å². The minimum absolute atomic E-state index is 0.0531. The second-order valence-corrected chi connectivity index (χ2v) is 9.73. The van der Waals surface area contributed by atoms with E-state index in [2.05, 4.69) is 10.0 Å². The van der Waals surface area contributed by atoms with Gasteiger partial charge in [-0.15, -0.1) is 0 Å². The Kier molecular flexibility index (Phi) is 5.90. The van der Waals surface area contributed by atoms with Gasteiger partial charge in [0.2, 0.25) is 0 Å². The molecule has 0 amide bonds. The summed E-state index contributed by atoms with van der Waals surface area (Å²) < 4.78 is 31.9. The maximum absolute atomic E-state index is 14.4. The molecule has 0 radical (unpaired) electrons. The molecule has 0 aliphatic heterocycles. The van der Waals surface area contributed by atoms with Crippen LogP contribution in [0.1, 0.15) is 29.0 Å². The molecule has 2 aromatic carbocycles. The molecule has 8 heteroatoms. The summed E-state index contributed by atoms with van der Waals surface area (Å²) in [4.78, 5) is 12.5. The Bertz CT molecular complexity index is 1230. The molecule has 1 aliphatic rings. The number of anilines is 3. The molecule has 0 bridgehead atoms. The van der Waals surface area contributed by atoms with Gasteiger partial charge in [0.25, 0.3) is 5.56 Å². The average Bonchev–Trinajstić information content (AvgIpc) is 3.52. The van der Waals surface area contributed by atoms with Crippen LogP contribution in [0, 0.1) is 19.7 Å². The maximum Gasteiger partial charge on any atom is 0.254 e. The molecule has 2 N–H and O–H groups in total. The second kappa shape index (κ2) is 8.48. The van der Waals surface area contributed by atoms with Crippen molar-refractivity contribution in [1.29, 1.82) is 0 Å². The van der Waals surface area contributed by atoms with E-state index in [-0.39, 0.29) is 22.4 Å². The number of aryl methyl sites for hydroxylation is 2. The largest absolute Gasteiger partial charge is 0.337 e. The first-order chi connectivity index (χ1) is 14.7. The predicted octanol–water partition coefficient (Wildman–Crippen LogP) is 5.17. The first kappa shape index (κ1) is 21.6. The number of hydrogen-bond acceptors (Lipinski definition) is 3. The fourth-order valence-corrected chi connectivity index (χ4v) is 5.11. The van der Waals surface area contributed by atoms with Crippen LogP contribution >= 0.6 is 11.6 Å². The van der Waals surface area contributed by atoms with E-state index in [1.165, 1.54) is 10.6 Å². The number of halogens is 2. The summed E-state index contributed by atoms with van der Waals surface area (Å²) in [7, 11) is 0.223. The molecule has 0 saturated heterocycles. The van der Waals surface area contributed by atoms with E-state index >= 15 is 0 Å². The van der Waals surface area contributed by atoms with Crippen LogP contribution in [0.15, 0.2) is 53.3 Å². The van der Waals surface area contributed by atoms with E-state index in [4.69, 9.17) is 11.6 Å². The topological polar surface area (TPSA) is 63.1 Å². The standard InChI is InChI=1S/C23H23ClFN3O2S/c1-13-4-9-19(18(25)10-13)26-22-20(11-14(2)23(29)28(22)3)27-31(30)21-12-17(21)15-5-7-16(24)8-6-15/h4-11,17,21,26-27H,12H2,1-3H3. The summed E-state index contributed by atoms with van der Waals surface area (Å²) in [5, 5.41) is 3.61. The van der Waals surface area contributed by atoms with Gasteiger partial charge >= 0.3 is 0 Å². The summed E-state index contributed by atoms with van der Waals surface area (Å²) in [6.07, 6.45) is 0.793. The molecule has 1 aromatic heterocycles. The molecule has 5 nitrogen and oxygen atoms in total. The van der Waals surface area contributed by atoms with Gasteiger partial charge in [-0.2, -0.15) is 0 Å². The van der Waals surface area contributed by atoms with Crippen molar-refractivity contribution in [3.63, 3.8) is 0 Å². The highest BCUT2D eigenvalue weighted by Crippen LogP contribution is 2.45. The number of nitrogens with one attached hydrogen (secondary N) is 2. The summed E-state index contributed by atoms with van der Waals surface area (Å²) in [5.41, 5.74) is 2.91. The van der Waals surface area contributed by atoms with Gasteiger partial charge in [0.1, 0.15) is 22.6 Å². The summed E-state index contributed by atoms with van der Waals surface area (Å²) >= 11 is 5.96. The van der Waals surface area contributed by atoms with Gasteiger partial charge in [-0.05, 0) is 61.7 Å². The van der Waals surface area contributed by atoms with Gasteiger partial charge in [-0.1, -0.05) is 29.8 Å². The smallest absolute Gasteiger partial charge is 0.254 e. The van der Waals surface area contributed by atoms with Crippen molar-refractivity contribution >= 4 is 39.8 Å². The van der Waals surface area contributed by atoms with E-state index in [1.807, 2.05) is 24.3 Å². The third-order valence-corrected chi connectivity index (χ3v) is 7.23. The quantitative estimate of drug-likeness (QED) is 0.534. The number of hydrogen-bond donors (Lipinski definition) is 2. The number of aromatic nitrogens is 1. The second-order valence-electron chi connectivity index (χ2n) is 7.89. The Labute approximate surface area is 187 Å². The molecule has 1 aliphatic carbocycles. The highest BCUT2D eigenvalue weighted by Gasteiger charge is 2.43. The van der Waals surface area contributed by atoms with E-state index in [0.717, 1.165) is 17.5 Å². The number of nitrogens with zero attached hydrogens (tertiary/aromatic N) is 1. The van der Waals surface area contributed by atoms with Crippen LogP contribution in [-0.2, 0) is 18.0 Å². The van der Waals surface area contributed by atoms with Gasteiger partial charge in [-0.3, -0.25) is 9.36 Å². The fourth-order valence-electron chi connectivity index (χ4n) is 3.62. The van der Waals surface area contributed by atoms with Crippen molar-refractivity contribution in [1.82, 2.24) is 4.57 Å². The molecule has 0 spiro atoms. The zero-order valence-electron chi connectivity index (χ0n) is 17.4. The summed E-state index contributed by atoms with van der Waals surface area (Å²) in [6.45, 7) is 3.50. The highest BCUT2D eigenvalue weighted by atomic mass is 35.5. The lowest BCUT2D eigenvalue weighted by molar-refractivity contribution is 0.630. The van der Waals surface area contributed by atoms with Crippen LogP contribution in [0.5, 0.6) is 0 Å². The van der Waals surface area contributed by atoms with E-state index in [9.17, 15) is 13.4 Å². The molecule has 3 aromatic rings. The average molecular weight is 460 g/mol. The van der Waals surface area contributed by atoms with Crippen LogP contribution < -0.4 is 15.6 Å². The number of benzene rings is 2. The van der Waals surface area contributed by atoms with Crippen molar-refractivity contribution in [2.45, 2.75) is 31.4 Å². The van der Waals surface area contributed by atoms with Gasteiger partial charge in [0, 0.05) is 23.6 Å². The molecule has 1 heterocycles. The van der Waals surface area contributed by atoms with Crippen LogP contribution in [0.2, 0.25) is 5.02 Å². The van der Waals surface area contributed by atoms with Crippen LogP contribution in [0.3, 0.4) is 0 Å². The Morgan fingerprint density at radius 1 is 1.10 bits per heavy atom. The van der Waals surface area contributed by atoms with E-state index in [1.54, 1.807) is 39.1 Å². The lowest BCUT2D eigenvalue weighted by atomic mass is 10.1. The predicted molar refractivity (Wildman–Crippen MR) is 125 cm³/mol. The molecule has 4 rings (SSSR count). The van der Waals surface area contributed by atoms with E-state index in [0.29, 0.717) is 22.1 Å². The lowest BCUT2D eigenvalue weighted by Gasteiger charge is -2.18. The maximum atomic E-state index is 14.4. The first-order valence-electron chi connectivity index (χ1n) is 9.91. The van der Waals surface area contributed by atoms with Crippen LogP contribution in [0.4, 0.5) is 21.6 Å². The van der Waals surface area contributed by atoms with Gasteiger partial charge in [0.15, 0.2) is 0 Å². The minimum Gasteiger partial charge on any atom is -0.337 e. The van der Waals surface area contributed by atoms with Crippen LogP contribution in [-0.4, -0.2) is 14.0 Å². The number of rotatable bonds is 6. The lowest BCUT2D eigenvalue weighted by Crippen LogP contribution is -2.24. The van der Waals surface area contributed by atoms with Crippen molar-refractivity contribution in [3.8, 4) is 0 Å². The molecule has 162 valence electrons. The Balaban J connectivity index is 1.60. The van der Waals surface area contributed by atoms with Crippen molar-refractivity contribution in [3.05, 3.63) is 86.4 Å². The molecular weight excluding hydrogens is 437 g/mol. The zero-order valence-corrected chi connectivity index (χ0v) is 19.0. The Morgan fingerprint density at radius 3 is 2.48 bits per heavy atom. The molecule has 31 heavy (non-hydrogen) atoms. The van der Waals surface area contributed by atoms with Gasteiger partial charge in [0.05, 0.1) is 16.6 Å². The number of pyridine rings is 1. The van der Waals surface area contributed by atoms with Crippen LogP contribution in [0.25, 0.3) is 0 Å². The first-order valence-corrected chi connectivity index (χ1v) is 11.5. The third kappa shape index (κ3) is 4.52. The van der Waals surface area contributed by atoms with E-state index < -0.39 is 16.8 Å². The minimum atomic E-state index is -1.38. The van der Waals surface area contributed by atoms with Crippen molar-refractivity contribution in [2.24, 2.45) is 7.05 Å². The van der Waals surface area contributed by atoms with Gasteiger partial charge in [-0.25, -0.2) is 8.60 Å². The fraction of sp³-hybridized carbons (Fsp3) is 0.261. The van der Waals surface area contributed by atoms with Gasteiger partial charge < -0.3 is 10.0 Å². The van der Waals surface area contributed by atoms with Crippen molar-refractivity contribution < 1.29 is 8.60 Å². The summed E-state index contributed by atoms with van der Waals surface area (Å²) in [6, 6.07) is 14.0. The Morgan fingerprint density at radius 2 is 1.81 bits per heavy atom. The molecule has 3 atom stereocenters. The Hall–Kier alpha value is -2.64. The molecule has 3 unspecified atom stereocenters. The molecular formula is C23H23ClFN3O2S. The third-order valence-electron chi connectivity index (χ3n) is 5.49. The summed E-state index contributed by atoms with van der Waals surface area (Å²) in [5.74, 6) is 0.116.